The van der Waals surface area contributed by atoms with Crippen LogP contribution in [0.1, 0.15) is 16.1 Å². The molecular formula is C16H18N4O5. The van der Waals surface area contributed by atoms with Gasteiger partial charge in [0.1, 0.15) is 17.4 Å². The number of amides is 1. The molecule has 0 unspecified atom stereocenters. The van der Waals surface area contributed by atoms with Crippen LogP contribution in [0.15, 0.2) is 24.3 Å². The van der Waals surface area contributed by atoms with Crippen molar-refractivity contribution in [2.45, 2.75) is 13.0 Å². The van der Waals surface area contributed by atoms with Crippen molar-refractivity contribution in [3.63, 3.8) is 0 Å². The average molecular weight is 346 g/mol. The summed E-state index contributed by atoms with van der Waals surface area (Å²) in [5.74, 6) is 0.825. The molecule has 2 heterocycles. The minimum atomic E-state index is -0.461. The predicted octanol–water partition coefficient (Wildman–Crippen LogP) is 1.55. The Kier molecular flexibility index (Phi) is 4.30. The van der Waals surface area contributed by atoms with Crippen LogP contribution in [0.25, 0.3) is 0 Å². The molecule has 0 radical (unpaired) electrons. The molecule has 1 aromatic carbocycles. The molecule has 132 valence electrons. The monoisotopic (exact) mass is 346 g/mol. The lowest BCUT2D eigenvalue weighted by Gasteiger charge is -2.38. The van der Waals surface area contributed by atoms with Gasteiger partial charge in [-0.05, 0) is 19.1 Å². The summed E-state index contributed by atoms with van der Waals surface area (Å²) in [7, 11) is 3.23. The first-order valence-corrected chi connectivity index (χ1v) is 7.68. The van der Waals surface area contributed by atoms with E-state index in [2.05, 4.69) is 5.10 Å². The Morgan fingerprint density at radius 1 is 1.32 bits per heavy atom. The van der Waals surface area contributed by atoms with E-state index in [-0.39, 0.29) is 17.7 Å². The second-order valence-electron chi connectivity index (χ2n) is 5.79. The number of hydrogen-bond donors (Lipinski definition) is 0. The highest BCUT2D eigenvalue weighted by Gasteiger charge is 2.36. The molecule has 2 aromatic rings. The number of hydrogen-bond acceptors (Lipinski definition) is 6. The zero-order valence-corrected chi connectivity index (χ0v) is 14.1. The number of likely N-dealkylation sites (tertiary alicyclic amines) is 1. The number of benzene rings is 1. The van der Waals surface area contributed by atoms with Crippen LogP contribution in [-0.2, 0) is 7.05 Å². The highest BCUT2D eigenvalue weighted by atomic mass is 16.6. The van der Waals surface area contributed by atoms with Crippen LogP contribution >= 0.6 is 0 Å². The molecule has 9 nitrogen and oxygen atoms in total. The first kappa shape index (κ1) is 16.7. The fourth-order valence-corrected chi connectivity index (χ4v) is 2.79. The van der Waals surface area contributed by atoms with Gasteiger partial charge >= 0.3 is 0 Å². The van der Waals surface area contributed by atoms with Gasteiger partial charge in [0, 0.05) is 19.2 Å². The maximum atomic E-state index is 12.6. The van der Waals surface area contributed by atoms with E-state index in [4.69, 9.17) is 9.47 Å². The van der Waals surface area contributed by atoms with Gasteiger partial charge in [0.25, 0.3) is 11.6 Å². The number of aromatic nitrogens is 2. The van der Waals surface area contributed by atoms with Crippen LogP contribution in [-0.4, -0.2) is 51.8 Å². The van der Waals surface area contributed by atoms with E-state index in [1.54, 1.807) is 31.0 Å². The molecule has 0 saturated carbocycles. The van der Waals surface area contributed by atoms with Crippen LogP contribution < -0.4 is 9.47 Å². The molecule has 1 fully saturated rings. The molecule has 0 atom stereocenters. The van der Waals surface area contributed by atoms with Crippen LogP contribution in [0.3, 0.4) is 0 Å². The summed E-state index contributed by atoms with van der Waals surface area (Å²) in [5.41, 5.74) is 1.08. The van der Waals surface area contributed by atoms with Gasteiger partial charge in [0.05, 0.1) is 30.8 Å². The van der Waals surface area contributed by atoms with Crippen LogP contribution in [0.4, 0.5) is 5.69 Å². The van der Waals surface area contributed by atoms with Crippen molar-refractivity contribution in [2.75, 3.05) is 20.2 Å². The second kappa shape index (κ2) is 6.42. The summed E-state index contributed by atoms with van der Waals surface area (Å²) < 4.78 is 12.5. The smallest absolute Gasteiger partial charge is 0.269 e. The molecule has 3 rings (SSSR count). The number of nitrogens with zero attached hydrogens (tertiary/aromatic N) is 4. The third-order valence-electron chi connectivity index (χ3n) is 4.06. The first-order chi connectivity index (χ1) is 11.9. The van der Waals surface area contributed by atoms with Gasteiger partial charge in [-0.25, -0.2) is 4.68 Å². The number of rotatable bonds is 5. The zero-order valence-electron chi connectivity index (χ0n) is 14.1. The summed E-state index contributed by atoms with van der Waals surface area (Å²) in [5, 5.41) is 14.9. The number of aryl methyl sites for hydroxylation is 2. The van der Waals surface area contributed by atoms with Crippen molar-refractivity contribution in [3.8, 4) is 11.6 Å². The Bertz CT molecular complexity index is 809. The van der Waals surface area contributed by atoms with Gasteiger partial charge in [0.15, 0.2) is 0 Å². The number of carbonyl (C=O) groups excluding carboxylic acids is 1. The zero-order chi connectivity index (χ0) is 18.1. The largest absolute Gasteiger partial charge is 0.487 e. The van der Waals surface area contributed by atoms with Gasteiger partial charge in [-0.1, -0.05) is 0 Å². The molecule has 9 heteroatoms. The lowest BCUT2D eigenvalue weighted by Crippen LogP contribution is -2.56. The highest BCUT2D eigenvalue weighted by Crippen LogP contribution is 2.26. The Morgan fingerprint density at radius 3 is 2.52 bits per heavy atom. The van der Waals surface area contributed by atoms with Gasteiger partial charge in [-0.3, -0.25) is 14.9 Å². The van der Waals surface area contributed by atoms with Crippen LogP contribution in [0.5, 0.6) is 11.6 Å². The maximum absolute atomic E-state index is 12.6. The molecule has 1 aliphatic rings. The van der Waals surface area contributed by atoms with Gasteiger partial charge < -0.3 is 14.4 Å². The number of methoxy groups -OCH3 is 1. The molecule has 1 aromatic heterocycles. The molecular weight excluding hydrogens is 328 g/mol. The van der Waals surface area contributed by atoms with Gasteiger partial charge in [-0.2, -0.15) is 5.10 Å². The van der Waals surface area contributed by atoms with Crippen LogP contribution in [0.2, 0.25) is 0 Å². The van der Waals surface area contributed by atoms with Gasteiger partial charge in [-0.15, -0.1) is 0 Å². The lowest BCUT2D eigenvalue weighted by molar-refractivity contribution is -0.384. The Labute approximate surface area is 143 Å². The molecule has 1 saturated heterocycles. The fraction of sp³-hybridized carbons (Fsp3) is 0.375. The van der Waals surface area contributed by atoms with E-state index in [1.165, 1.54) is 23.9 Å². The third-order valence-corrected chi connectivity index (χ3v) is 4.06. The minimum Gasteiger partial charge on any atom is -0.487 e. The Hall–Kier alpha value is -3.10. The van der Waals surface area contributed by atoms with E-state index in [0.717, 1.165) is 0 Å². The number of nitro groups is 1. The normalized spacial score (nSPS) is 14.1. The standard InChI is InChI=1S/C16H18N4O5/c1-10-14(16(24-3)18(2)17-10)15(21)19-8-13(9-19)25-12-6-4-11(5-7-12)20(22)23/h4-7,13H,8-9H2,1-3H3. The molecule has 0 aliphatic carbocycles. The van der Waals surface area contributed by atoms with Crippen molar-refractivity contribution in [1.82, 2.24) is 14.7 Å². The van der Waals surface area contributed by atoms with Crippen molar-refractivity contribution >= 4 is 11.6 Å². The topological polar surface area (TPSA) is 99.7 Å². The van der Waals surface area contributed by atoms with Crippen molar-refractivity contribution in [1.29, 1.82) is 0 Å². The summed E-state index contributed by atoms with van der Waals surface area (Å²) in [6.45, 7) is 2.64. The summed E-state index contributed by atoms with van der Waals surface area (Å²) >= 11 is 0. The van der Waals surface area contributed by atoms with E-state index >= 15 is 0 Å². The van der Waals surface area contributed by atoms with E-state index < -0.39 is 4.92 Å². The molecule has 25 heavy (non-hydrogen) atoms. The number of nitro benzene ring substituents is 1. The van der Waals surface area contributed by atoms with Crippen LogP contribution in [0, 0.1) is 17.0 Å². The Balaban J connectivity index is 1.61. The molecule has 0 spiro atoms. The van der Waals surface area contributed by atoms with E-state index in [1.807, 2.05) is 0 Å². The van der Waals surface area contributed by atoms with Crippen molar-refractivity contribution < 1.29 is 19.2 Å². The Morgan fingerprint density at radius 2 is 1.96 bits per heavy atom. The molecule has 0 bridgehead atoms. The number of carbonyl (C=O) groups is 1. The van der Waals surface area contributed by atoms with E-state index in [9.17, 15) is 14.9 Å². The average Bonchev–Trinajstić information content (AvgIpc) is 2.83. The highest BCUT2D eigenvalue weighted by molar-refractivity contribution is 5.98. The molecule has 1 aliphatic heterocycles. The summed E-state index contributed by atoms with van der Waals surface area (Å²) in [6, 6.07) is 5.88. The number of non-ortho nitro benzene ring substituents is 1. The molecule has 1 amide bonds. The summed E-state index contributed by atoms with van der Waals surface area (Å²) in [6.07, 6.45) is -0.145. The molecule has 0 N–H and O–H groups in total. The predicted molar refractivity (Wildman–Crippen MR) is 87.9 cm³/mol. The minimum absolute atomic E-state index is 0.0110. The number of ether oxygens (including phenoxy) is 2. The van der Waals surface area contributed by atoms with Crippen molar-refractivity contribution in [3.05, 3.63) is 45.6 Å². The first-order valence-electron chi connectivity index (χ1n) is 7.68. The second-order valence-corrected chi connectivity index (χ2v) is 5.79. The van der Waals surface area contributed by atoms with Gasteiger partial charge in [0.2, 0.25) is 5.88 Å². The summed E-state index contributed by atoms with van der Waals surface area (Å²) in [4.78, 5) is 24.5. The van der Waals surface area contributed by atoms with E-state index in [0.29, 0.717) is 36.0 Å². The van der Waals surface area contributed by atoms with Crippen molar-refractivity contribution in [2.24, 2.45) is 7.05 Å². The maximum Gasteiger partial charge on any atom is 0.269 e. The fourth-order valence-electron chi connectivity index (χ4n) is 2.79. The SMILES string of the molecule is COc1c(C(=O)N2CC(Oc3ccc([N+](=O)[O-])cc3)C2)c(C)nn1C. The lowest BCUT2D eigenvalue weighted by atomic mass is 10.1. The third kappa shape index (κ3) is 3.12. The quantitative estimate of drug-likeness (QED) is 0.601.